The zero-order valence-electron chi connectivity index (χ0n) is 21.8. The summed E-state index contributed by atoms with van der Waals surface area (Å²) in [5.41, 5.74) is 11.3. The van der Waals surface area contributed by atoms with Crippen molar-refractivity contribution in [1.29, 1.82) is 0 Å². The van der Waals surface area contributed by atoms with Crippen LogP contribution >= 0.6 is 0 Å². The molecule has 6 amide bonds. The van der Waals surface area contributed by atoms with Crippen LogP contribution in [-0.4, -0.2) is 59.9 Å². The molecule has 1 aromatic rings. The molecule has 2 heterocycles. The fraction of sp³-hybridized carbons (Fsp3) is 0.615. The minimum absolute atomic E-state index is 0.175. The molecule has 10 nitrogen and oxygen atoms in total. The number of primary amides is 2. The Kier molecular flexibility index (Phi) is 8.15. The number of amides is 6. The maximum Gasteiger partial charge on any atom is 0.318 e. The first-order chi connectivity index (χ1) is 16.8. The largest absolute Gasteiger partial charge is 0.369 e. The Balaban J connectivity index is 1.63. The maximum atomic E-state index is 12.9. The van der Waals surface area contributed by atoms with Gasteiger partial charge in [0.2, 0.25) is 11.8 Å². The molecule has 2 saturated heterocycles. The van der Waals surface area contributed by atoms with E-state index >= 15 is 0 Å². The van der Waals surface area contributed by atoms with E-state index < -0.39 is 11.1 Å². The molecule has 3 rings (SSSR count). The fourth-order valence-electron chi connectivity index (χ4n) is 4.87. The van der Waals surface area contributed by atoms with Gasteiger partial charge in [-0.1, -0.05) is 24.3 Å². The molecule has 0 atom stereocenters. The Labute approximate surface area is 213 Å². The van der Waals surface area contributed by atoms with Gasteiger partial charge in [0.05, 0.1) is 11.1 Å². The quantitative estimate of drug-likeness (QED) is 0.472. The van der Waals surface area contributed by atoms with Crippen molar-refractivity contribution >= 4 is 23.9 Å². The number of likely N-dealkylation sites (tertiary alicyclic amines) is 2. The molecular weight excluding hydrogens is 460 g/mol. The van der Waals surface area contributed by atoms with Crippen LogP contribution in [0.4, 0.5) is 9.59 Å². The van der Waals surface area contributed by atoms with Gasteiger partial charge in [0.1, 0.15) is 0 Å². The lowest BCUT2D eigenvalue weighted by Crippen LogP contribution is -2.52. The lowest BCUT2D eigenvalue weighted by Gasteiger charge is -2.36. The number of nitrogens with zero attached hydrogens (tertiary/aromatic N) is 2. The van der Waals surface area contributed by atoms with E-state index in [1.165, 1.54) is 0 Å². The SMILES string of the molecule is CC(C)(NC(=O)N1CCC(C(N)=O)CC1)c1cccc(C(C)(C)NC(=O)N2CCC(C(N)=O)CC2)c1. The fourth-order valence-corrected chi connectivity index (χ4v) is 4.87. The average Bonchev–Trinajstić information content (AvgIpc) is 2.83. The van der Waals surface area contributed by atoms with Gasteiger partial charge in [0, 0.05) is 38.0 Å². The molecule has 1 aromatic carbocycles. The van der Waals surface area contributed by atoms with Gasteiger partial charge < -0.3 is 31.9 Å². The van der Waals surface area contributed by atoms with Gasteiger partial charge in [-0.05, 0) is 64.5 Å². The highest BCUT2D eigenvalue weighted by atomic mass is 16.2. The van der Waals surface area contributed by atoms with Gasteiger partial charge in [-0.2, -0.15) is 0 Å². The monoisotopic (exact) mass is 500 g/mol. The Morgan fingerprint density at radius 2 is 1.06 bits per heavy atom. The molecule has 0 bridgehead atoms. The third-order valence-electron chi connectivity index (χ3n) is 7.51. The number of hydrogen-bond donors (Lipinski definition) is 4. The average molecular weight is 501 g/mol. The van der Waals surface area contributed by atoms with Crippen LogP contribution in [0.15, 0.2) is 24.3 Å². The van der Waals surface area contributed by atoms with Crippen LogP contribution in [0.1, 0.15) is 64.5 Å². The molecule has 0 aliphatic carbocycles. The van der Waals surface area contributed by atoms with E-state index in [-0.39, 0.29) is 35.7 Å². The third-order valence-corrected chi connectivity index (χ3v) is 7.51. The lowest BCUT2D eigenvalue weighted by molar-refractivity contribution is -0.123. The molecule has 10 heteroatoms. The second-order valence-corrected chi connectivity index (χ2v) is 11.0. The van der Waals surface area contributed by atoms with Crippen LogP contribution in [0.5, 0.6) is 0 Å². The Morgan fingerprint density at radius 3 is 1.36 bits per heavy atom. The van der Waals surface area contributed by atoms with Gasteiger partial charge in [-0.3, -0.25) is 9.59 Å². The van der Waals surface area contributed by atoms with Crippen LogP contribution in [-0.2, 0) is 20.7 Å². The minimum atomic E-state index is -0.662. The van der Waals surface area contributed by atoms with Crippen molar-refractivity contribution in [3.05, 3.63) is 35.4 Å². The van der Waals surface area contributed by atoms with E-state index in [1.54, 1.807) is 9.80 Å². The van der Waals surface area contributed by atoms with Crippen LogP contribution < -0.4 is 22.1 Å². The van der Waals surface area contributed by atoms with Gasteiger partial charge in [-0.25, -0.2) is 9.59 Å². The highest BCUT2D eigenvalue weighted by Gasteiger charge is 2.33. The summed E-state index contributed by atoms with van der Waals surface area (Å²) in [6, 6.07) is 7.47. The van der Waals surface area contributed by atoms with Crippen LogP contribution in [0, 0.1) is 11.8 Å². The summed E-state index contributed by atoms with van der Waals surface area (Å²) in [4.78, 5) is 52.1. The van der Waals surface area contributed by atoms with Crippen LogP contribution in [0.25, 0.3) is 0 Å². The molecule has 0 radical (unpaired) electrons. The number of rotatable bonds is 6. The zero-order valence-corrected chi connectivity index (χ0v) is 21.8. The molecule has 2 aliphatic rings. The second kappa shape index (κ2) is 10.8. The van der Waals surface area contributed by atoms with Crippen molar-refractivity contribution in [2.75, 3.05) is 26.2 Å². The van der Waals surface area contributed by atoms with Gasteiger partial charge >= 0.3 is 12.1 Å². The second-order valence-electron chi connectivity index (χ2n) is 11.0. The molecule has 198 valence electrons. The molecule has 6 N–H and O–H groups in total. The Hall–Kier alpha value is -3.30. The maximum absolute atomic E-state index is 12.9. The van der Waals surface area contributed by atoms with E-state index in [1.807, 2.05) is 52.0 Å². The first-order valence-corrected chi connectivity index (χ1v) is 12.6. The molecule has 0 saturated carbocycles. The number of carbonyl (C=O) groups is 4. The van der Waals surface area contributed by atoms with Crippen LogP contribution in [0.3, 0.4) is 0 Å². The molecule has 2 fully saturated rings. The highest BCUT2D eigenvalue weighted by molar-refractivity contribution is 5.79. The Bertz CT molecular complexity index is 917. The van der Waals surface area contributed by atoms with E-state index in [2.05, 4.69) is 10.6 Å². The smallest absolute Gasteiger partial charge is 0.318 e. The van der Waals surface area contributed by atoms with E-state index in [0.29, 0.717) is 51.9 Å². The summed E-state index contributed by atoms with van der Waals surface area (Å²) in [5, 5.41) is 6.22. The predicted molar refractivity (Wildman–Crippen MR) is 137 cm³/mol. The van der Waals surface area contributed by atoms with Crippen molar-refractivity contribution in [1.82, 2.24) is 20.4 Å². The third kappa shape index (κ3) is 6.47. The van der Waals surface area contributed by atoms with Crippen molar-refractivity contribution in [3.63, 3.8) is 0 Å². The highest BCUT2D eigenvalue weighted by Crippen LogP contribution is 2.28. The van der Waals surface area contributed by atoms with Crippen LogP contribution in [0.2, 0.25) is 0 Å². The van der Waals surface area contributed by atoms with Gasteiger partial charge in [0.25, 0.3) is 0 Å². The summed E-state index contributed by atoms with van der Waals surface area (Å²) in [5.74, 6) is -0.967. The Morgan fingerprint density at radius 1 is 0.722 bits per heavy atom. The molecule has 0 unspecified atom stereocenters. The molecule has 0 aromatic heterocycles. The topological polar surface area (TPSA) is 151 Å². The van der Waals surface area contributed by atoms with E-state index in [4.69, 9.17) is 11.5 Å². The summed E-state index contributed by atoms with van der Waals surface area (Å²) >= 11 is 0. The number of hydrogen-bond acceptors (Lipinski definition) is 4. The number of urea groups is 2. The molecule has 36 heavy (non-hydrogen) atoms. The molecule has 2 aliphatic heterocycles. The van der Waals surface area contributed by atoms with Crippen molar-refractivity contribution in [2.24, 2.45) is 23.3 Å². The number of nitrogens with two attached hydrogens (primary N) is 2. The normalized spacial score (nSPS) is 18.0. The zero-order chi connectivity index (χ0) is 26.7. The standard InChI is InChI=1S/C26H40N6O4/c1-25(2,29-23(35)31-12-8-17(9-13-31)21(27)33)19-6-5-7-20(16-19)26(3,4)30-24(36)32-14-10-18(11-15-32)22(28)34/h5-7,16-18H,8-15H2,1-4H3,(H2,27,33)(H2,28,34)(H,29,35)(H,30,36). The summed E-state index contributed by atoms with van der Waals surface area (Å²) < 4.78 is 0. The first-order valence-electron chi connectivity index (χ1n) is 12.6. The van der Waals surface area contributed by atoms with Crippen molar-refractivity contribution in [3.8, 4) is 0 Å². The molecular formula is C26H40N6O4. The lowest BCUT2D eigenvalue weighted by atomic mass is 9.87. The summed E-state index contributed by atoms with van der Waals surface area (Å²) in [6.45, 7) is 9.72. The predicted octanol–water partition coefficient (Wildman–Crippen LogP) is 1.97. The minimum Gasteiger partial charge on any atom is -0.369 e. The van der Waals surface area contributed by atoms with Crippen molar-refractivity contribution in [2.45, 2.75) is 64.5 Å². The summed E-state index contributed by atoms with van der Waals surface area (Å²) in [6.07, 6.45) is 2.30. The first kappa shape index (κ1) is 27.3. The number of carbonyl (C=O) groups excluding carboxylic acids is 4. The van der Waals surface area contributed by atoms with Gasteiger partial charge in [-0.15, -0.1) is 0 Å². The van der Waals surface area contributed by atoms with E-state index in [9.17, 15) is 19.2 Å². The number of nitrogens with one attached hydrogen (secondary N) is 2. The molecule has 0 spiro atoms. The summed E-state index contributed by atoms with van der Waals surface area (Å²) in [7, 11) is 0. The van der Waals surface area contributed by atoms with E-state index in [0.717, 1.165) is 11.1 Å². The number of piperidine rings is 2. The van der Waals surface area contributed by atoms with Crippen molar-refractivity contribution < 1.29 is 19.2 Å². The number of benzene rings is 1. The van der Waals surface area contributed by atoms with Gasteiger partial charge in [0.15, 0.2) is 0 Å².